The molecule has 2 rings (SSSR count). The Labute approximate surface area is 126 Å². The maximum atomic E-state index is 9.07. The zero-order valence-corrected chi connectivity index (χ0v) is 13.1. The molecule has 0 fully saturated rings. The predicted octanol–water partition coefficient (Wildman–Crippen LogP) is 2.93. The second-order valence-corrected chi connectivity index (χ2v) is 6.29. The SMILES string of the molecule is CC(NCC(C)(C)CCO)c1cnn(-c2ccccc2)c1. The molecule has 1 heterocycles. The monoisotopic (exact) mass is 287 g/mol. The molecule has 0 aliphatic heterocycles. The third kappa shape index (κ3) is 4.41. The van der Waals surface area contributed by atoms with Gasteiger partial charge in [0.2, 0.25) is 0 Å². The lowest BCUT2D eigenvalue weighted by molar-refractivity contribution is 0.204. The Morgan fingerprint density at radius 1 is 1.29 bits per heavy atom. The van der Waals surface area contributed by atoms with Crippen molar-refractivity contribution in [3.8, 4) is 5.69 Å². The van der Waals surface area contributed by atoms with Crippen molar-refractivity contribution in [2.45, 2.75) is 33.2 Å². The molecule has 4 nitrogen and oxygen atoms in total. The van der Waals surface area contributed by atoms with Gasteiger partial charge in [0.05, 0.1) is 11.9 Å². The van der Waals surface area contributed by atoms with E-state index in [-0.39, 0.29) is 18.1 Å². The van der Waals surface area contributed by atoms with Crippen LogP contribution in [-0.4, -0.2) is 28.0 Å². The topological polar surface area (TPSA) is 50.1 Å². The number of nitrogens with zero attached hydrogens (tertiary/aromatic N) is 2. The van der Waals surface area contributed by atoms with Gasteiger partial charge in [0.25, 0.3) is 0 Å². The quantitative estimate of drug-likeness (QED) is 0.823. The molecule has 0 radical (unpaired) electrons. The van der Waals surface area contributed by atoms with Crippen molar-refractivity contribution in [3.05, 3.63) is 48.3 Å². The Morgan fingerprint density at radius 3 is 2.67 bits per heavy atom. The minimum absolute atomic E-state index is 0.0957. The Kier molecular flexibility index (Phi) is 5.15. The third-order valence-corrected chi connectivity index (χ3v) is 3.80. The van der Waals surface area contributed by atoms with E-state index in [0.29, 0.717) is 0 Å². The number of nitrogens with one attached hydrogen (secondary N) is 1. The van der Waals surface area contributed by atoms with Gasteiger partial charge in [-0.3, -0.25) is 0 Å². The van der Waals surface area contributed by atoms with Crippen LogP contribution in [0.25, 0.3) is 5.69 Å². The fraction of sp³-hybridized carbons (Fsp3) is 0.471. The fourth-order valence-electron chi connectivity index (χ4n) is 2.22. The standard InChI is InChI=1S/C17H25N3O/c1-14(18-13-17(2,3)9-10-21)15-11-19-20(12-15)16-7-5-4-6-8-16/h4-8,11-12,14,18,21H,9-10,13H2,1-3H3. The fourth-order valence-corrected chi connectivity index (χ4v) is 2.22. The number of rotatable bonds is 7. The van der Waals surface area contributed by atoms with Gasteiger partial charge in [-0.15, -0.1) is 0 Å². The van der Waals surface area contributed by atoms with Crippen molar-refractivity contribution in [2.75, 3.05) is 13.2 Å². The molecule has 4 heteroatoms. The number of aliphatic hydroxyl groups is 1. The molecule has 0 aliphatic carbocycles. The Bertz CT molecular complexity index is 548. The molecule has 2 N–H and O–H groups in total. The summed E-state index contributed by atoms with van der Waals surface area (Å²) >= 11 is 0. The summed E-state index contributed by atoms with van der Waals surface area (Å²) in [6.07, 6.45) is 4.77. The van der Waals surface area contributed by atoms with Crippen molar-refractivity contribution in [1.82, 2.24) is 15.1 Å². The maximum Gasteiger partial charge on any atom is 0.0645 e. The van der Waals surface area contributed by atoms with E-state index in [0.717, 1.165) is 18.7 Å². The largest absolute Gasteiger partial charge is 0.396 e. The van der Waals surface area contributed by atoms with E-state index in [2.05, 4.69) is 37.4 Å². The molecule has 21 heavy (non-hydrogen) atoms. The average Bonchev–Trinajstić information content (AvgIpc) is 2.96. The number of hydrogen-bond acceptors (Lipinski definition) is 3. The highest BCUT2D eigenvalue weighted by Gasteiger charge is 2.18. The van der Waals surface area contributed by atoms with Crippen LogP contribution in [-0.2, 0) is 0 Å². The molecule has 0 aliphatic rings. The number of para-hydroxylation sites is 1. The van der Waals surface area contributed by atoms with E-state index in [4.69, 9.17) is 5.11 Å². The van der Waals surface area contributed by atoms with Crippen LogP contribution in [0.15, 0.2) is 42.7 Å². The number of hydrogen-bond donors (Lipinski definition) is 2. The highest BCUT2D eigenvalue weighted by molar-refractivity contribution is 5.31. The van der Waals surface area contributed by atoms with Crippen LogP contribution in [0.5, 0.6) is 0 Å². The van der Waals surface area contributed by atoms with Crippen molar-refractivity contribution < 1.29 is 5.11 Å². The Morgan fingerprint density at radius 2 is 2.00 bits per heavy atom. The maximum absolute atomic E-state index is 9.07. The molecule has 1 atom stereocenters. The van der Waals surface area contributed by atoms with Gasteiger partial charge in [0.1, 0.15) is 0 Å². The van der Waals surface area contributed by atoms with Crippen LogP contribution in [0.4, 0.5) is 0 Å². The third-order valence-electron chi connectivity index (χ3n) is 3.80. The van der Waals surface area contributed by atoms with E-state index in [1.165, 1.54) is 5.56 Å². The van der Waals surface area contributed by atoms with Gasteiger partial charge >= 0.3 is 0 Å². The molecule has 0 saturated heterocycles. The van der Waals surface area contributed by atoms with Gasteiger partial charge in [-0.1, -0.05) is 32.0 Å². The second-order valence-electron chi connectivity index (χ2n) is 6.29. The van der Waals surface area contributed by atoms with Crippen molar-refractivity contribution in [2.24, 2.45) is 5.41 Å². The first-order valence-electron chi connectivity index (χ1n) is 7.46. The molecular weight excluding hydrogens is 262 g/mol. The molecule has 0 amide bonds. The van der Waals surface area contributed by atoms with Gasteiger partial charge in [-0.05, 0) is 30.9 Å². The summed E-state index contributed by atoms with van der Waals surface area (Å²) in [5.41, 5.74) is 2.33. The molecule has 0 bridgehead atoms. The molecule has 0 spiro atoms. The highest BCUT2D eigenvalue weighted by atomic mass is 16.3. The van der Waals surface area contributed by atoms with Gasteiger partial charge in [0, 0.05) is 31.0 Å². The van der Waals surface area contributed by atoms with E-state index in [1.54, 1.807) is 0 Å². The zero-order valence-electron chi connectivity index (χ0n) is 13.1. The average molecular weight is 287 g/mol. The summed E-state index contributed by atoms with van der Waals surface area (Å²) in [7, 11) is 0. The van der Waals surface area contributed by atoms with E-state index in [1.807, 2.05) is 41.2 Å². The van der Waals surface area contributed by atoms with Crippen molar-refractivity contribution in [1.29, 1.82) is 0 Å². The molecular formula is C17H25N3O. The lowest BCUT2D eigenvalue weighted by Crippen LogP contribution is -2.31. The lowest BCUT2D eigenvalue weighted by Gasteiger charge is -2.26. The van der Waals surface area contributed by atoms with E-state index in [9.17, 15) is 0 Å². The lowest BCUT2D eigenvalue weighted by atomic mass is 9.89. The summed E-state index contributed by atoms with van der Waals surface area (Å²) in [4.78, 5) is 0. The molecule has 114 valence electrons. The number of benzene rings is 1. The molecule has 1 aromatic carbocycles. The van der Waals surface area contributed by atoms with E-state index < -0.39 is 0 Å². The summed E-state index contributed by atoms with van der Waals surface area (Å²) in [6.45, 7) is 7.56. The number of aromatic nitrogens is 2. The Balaban J connectivity index is 1.98. The zero-order chi connectivity index (χ0) is 15.3. The van der Waals surface area contributed by atoms with Gasteiger partial charge in [-0.2, -0.15) is 5.10 Å². The summed E-state index contributed by atoms with van der Waals surface area (Å²) in [5.74, 6) is 0. The van der Waals surface area contributed by atoms with Crippen molar-refractivity contribution in [3.63, 3.8) is 0 Å². The van der Waals surface area contributed by atoms with Crippen LogP contribution < -0.4 is 5.32 Å². The smallest absolute Gasteiger partial charge is 0.0645 e. The van der Waals surface area contributed by atoms with E-state index >= 15 is 0 Å². The summed E-state index contributed by atoms with van der Waals surface area (Å²) in [6, 6.07) is 10.3. The van der Waals surface area contributed by atoms with Crippen LogP contribution in [0.1, 0.15) is 38.8 Å². The summed E-state index contributed by atoms with van der Waals surface area (Å²) < 4.78 is 1.90. The minimum Gasteiger partial charge on any atom is -0.396 e. The first-order chi connectivity index (χ1) is 10.0. The summed E-state index contributed by atoms with van der Waals surface area (Å²) in [5, 5.41) is 17.0. The van der Waals surface area contributed by atoms with Gasteiger partial charge in [-0.25, -0.2) is 4.68 Å². The molecule has 1 unspecified atom stereocenters. The highest BCUT2D eigenvalue weighted by Crippen LogP contribution is 2.21. The van der Waals surface area contributed by atoms with Crippen LogP contribution in [0.2, 0.25) is 0 Å². The van der Waals surface area contributed by atoms with Gasteiger partial charge in [0.15, 0.2) is 0 Å². The minimum atomic E-state index is 0.0957. The second kappa shape index (κ2) is 6.87. The first kappa shape index (κ1) is 15.7. The van der Waals surface area contributed by atoms with Crippen LogP contribution in [0, 0.1) is 5.41 Å². The van der Waals surface area contributed by atoms with Crippen LogP contribution in [0.3, 0.4) is 0 Å². The molecule has 1 aromatic heterocycles. The molecule has 0 saturated carbocycles. The first-order valence-corrected chi connectivity index (χ1v) is 7.46. The van der Waals surface area contributed by atoms with Crippen LogP contribution >= 0.6 is 0 Å². The predicted molar refractivity (Wildman–Crippen MR) is 85.5 cm³/mol. The van der Waals surface area contributed by atoms with Gasteiger partial charge < -0.3 is 10.4 Å². The Hall–Kier alpha value is -1.65. The molecule has 2 aromatic rings. The number of aliphatic hydroxyl groups excluding tert-OH is 1. The normalized spacial score (nSPS) is 13.3. The van der Waals surface area contributed by atoms with Crippen molar-refractivity contribution >= 4 is 0 Å².